The van der Waals surface area contributed by atoms with Gasteiger partial charge in [0.05, 0.1) is 42.7 Å². The van der Waals surface area contributed by atoms with Crippen molar-refractivity contribution in [3.63, 3.8) is 0 Å². The van der Waals surface area contributed by atoms with Gasteiger partial charge in [0, 0.05) is 6.42 Å². The van der Waals surface area contributed by atoms with Gasteiger partial charge in [0.25, 0.3) is 0 Å². The van der Waals surface area contributed by atoms with E-state index < -0.39 is 85.8 Å². The highest BCUT2D eigenvalue weighted by molar-refractivity contribution is 5.31. The van der Waals surface area contributed by atoms with Gasteiger partial charge in [0.2, 0.25) is 0 Å². The molecule has 3 aliphatic heterocycles. The molecule has 3 saturated heterocycles. The second-order valence-corrected chi connectivity index (χ2v) is 21.1. The van der Waals surface area contributed by atoms with Crippen LogP contribution in [0.4, 0.5) is 0 Å². The molecule has 3 heterocycles. The first-order valence-electron chi connectivity index (χ1n) is 21.3. The molecule has 0 amide bonds. The highest BCUT2D eigenvalue weighted by Crippen LogP contribution is 2.89. The SMILES string of the molecule is C[C@@H]([C@H]1[C@@H](O)C[C@@]2(C)[C@H]3CC[C@H]4C(C)(C)[C@@H](O[C@@H]5O[C@H](CO)[C@@H](O[C@@H]6O[C@@H](C)[C@H](O)[C@@H](O)[C@H]6O)[C@H](O)[C@H]5O)CC[C@@]45C[C@@]35CC[C@]12C)[C@H]1C[C@H](O)C(C)(C)O1. The molecule has 8 aliphatic rings. The average Bonchev–Trinajstić information content (AvgIpc) is 3.63. The van der Waals surface area contributed by atoms with E-state index in [1.54, 1.807) is 0 Å². The van der Waals surface area contributed by atoms with E-state index in [4.69, 9.17) is 23.7 Å². The molecule has 13 nitrogen and oxygen atoms in total. The summed E-state index contributed by atoms with van der Waals surface area (Å²) in [4.78, 5) is 0. The molecule has 8 fully saturated rings. The Labute approximate surface area is 326 Å². The van der Waals surface area contributed by atoms with E-state index in [2.05, 4.69) is 34.6 Å². The van der Waals surface area contributed by atoms with Gasteiger partial charge in [0.1, 0.15) is 42.7 Å². The topological polar surface area (TPSA) is 208 Å². The van der Waals surface area contributed by atoms with Crippen LogP contribution in [0.3, 0.4) is 0 Å². The molecule has 22 atom stereocenters. The van der Waals surface area contributed by atoms with Crippen molar-refractivity contribution in [2.45, 2.75) is 205 Å². The lowest BCUT2D eigenvalue weighted by Crippen LogP contribution is -2.65. The molecule has 0 radical (unpaired) electrons. The fourth-order valence-corrected chi connectivity index (χ4v) is 15.0. The third-order valence-electron chi connectivity index (χ3n) is 18.2. The third kappa shape index (κ3) is 5.72. The molecule has 0 aromatic rings. The Morgan fingerprint density at radius 1 is 0.709 bits per heavy atom. The molecule has 5 saturated carbocycles. The number of hydrogen-bond donors (Lipinski definition) is 8. The second-order valence-electron chi connectivity index (χ2n) is 21.1. The largest absolute Gasteiger partial charge is 0.394 e. The predicted octanol–water partition coefficient (Wildman–Crippen LogP) is 2.00. The van der Waals surface area contributed by atoms with Crippen LogP contribution in [0.2, 0.25) is 0 Å². The maximum atomic E-state index is 11.9. The highest BCUT2D eigenvalue weighted by Gasteiger charge is 2.83. The summed E-state index contributed by atoms with van der Waals surface area (Å²) in [6.45, 7) is 16.6. The van der Waals surface area contributed by atoms with Crippen LogP contribution < -0.4 is 0 Å². The van der Waals surface area contributed by atoms with Crippen LogP contribution in [-0.4, -0.2) is 139 Å². The Kier molecular flexibility index (Phi) is 10.1. The molecule has 8 rings (SSSR count). The molecule has 316 valence electrons. The Hall–Kier alpha value is -0.520. The fraction of sp³-hybridized carbons (Fsp3) is 1.00. The van der Waals surface area contributed by atoms with Crippen molar-refractivity contribution >= 4 is 0 Å². The fourth-order valence-electron chi connectivity index (χ4n) is 15.0. The lowest BCUT2D eigenvalue weighted by molar-refractivity contribution is -0.365. The number of aliphatic hydroxyl groups is 8. The van der Waals surface area contributed by atoms with Crippen molar-refractivity contribution < 1.29 is 64.5 Å². The van der Waals surface area contributed by atoms with Gasteiger partial charge in [-0.1, -0.05) is 34.6 Å². The molecule has 0 bridgehead atoms. The minimum Gasteiger partial charge on any atom is -0.394 e. The molecule has 13 heteroatoms. The Balaban J connectivity index is 0.960. The molecular formula is C42H70O13. The third-order valence-corrected chi connectivity index (χ3v) is 18.2. The van der Waals surface area contributed by atoms with Gasteiger partial charge in [-0.25, -0.2) is 0 Å². The van der Waals surface area contributed by atoms with E-state index in [0.717, 1.165) is 44.9 Å². The van der Waals surface area contributed by atoms with Gasteiger partial charge >= 0.3 is 0 Å². The van der Waals surface area contributed by atoms with Gasteiger partial charge in [-0.2, -0.15) is 0 Å². The van der Waals surface area contributed by atoms with E-state index in [1.165, 1.54) is 13.3 Å². The molecule has 0 unspecified atom stereocenters. The summed E-state index contributed by atoms with van der Waals surface area (Å²) in [6.07, 6.45) is -6.19. The summed E-state index contributed by atoms with van der Waals surface area (Å²) in [5, 5.41) is 86.5. The van der Waals surface area contributed by atoms with E-state index in [-0.39, 0.29) is 51.1 Å². The van der Waals surface area contributed by atoms with Gasteiger partial charge in [-0.15, -0.1) is 0 Å². The molecule has 8 N–H and O–H groups in total. The zero-order valence-corrected chi connectivity index (χ0v) is 34.1. The molecule has 55 heavy (non-hydrogen) atoms. The molecule has 0 aromatic heterocycles. The molecular weight excluding hydrogens is 712 g/mol. The summed E-state index contributed by atoms with van der Waals surface area (Å²) < 4.78 is 30.6. The van der Waals surface area contributed by atoms with E-state index >= 15 is 0 Å². The predicted molar refractivity (Wildman–Crippen MR) is 197 cm³/mol. The molecule has 2 spiro atoms. The summed E-state index contributed by atoms with van der Waals surface area (Å²) in [6, 6.07) is 0. The van der Waals surface area contributed by atoms with E-state index in [1.807, 2.05) is 13.8 Å². The minimum atomic E-state index is -1.63. The first kappa shape index (κ1) is 41.2. The summed E-state index contributed by atoms with van der Waals surface area (Å²) in [7, 11) is 0. The van der Waals surface area contributed by atoms with Crippen LogP contribution >= 0.6 is 0 Å². The van der Waals surface area contributed by atoms with Crippen LogP contribution in [0.1, 0.15) is 113 Å². The van der Waals surface area contributed by atoms with E-state index in [9.17, 15) is 40.9 Å². The zero-order valence-electron chi connectivity index (χ0n) is 34.1. The smallest absolute Gasteiger partial charge is 0.187 e. The number of rotatable bonds is 7. The summed E-state index contributed by atoms with van der Waals surface area (Å²) in [5.74, 6) is 1.11. The lowest BCUT2D eigenvalue weighted by Gasteiger charge is -2.63. The maximum absolute atomic E-state index is 11.9. The quantitative estimate of drug-likeness (QED) is 0.174. The van der Waals surface area contributed by atoms with Crippen molar-refractivity contribution in [1.29, 1.82) is 0 Å². The van der Waals surface area contributed by atoms with Crippen LogP contribution in [-0.2, 0) is 23.7 Å². The Morgan fingerprint density at radius 2 is 1.35 bits per heavy atom. The van der Waals surface area contributed by atoms with Crippen molar-refractivity contribution in [2.24, 2.45) is 50.7 Å². The van der Waals surface area contributed by atoms with Crippen LogP contribution in [0.15, 0.2) is 0 Å². The van der Waals surface area contributed by atoms with E-state index in [0.29, 0.717) is 18.3 Å². The average molecular weight is 783 g/mol. The highest BCUT2D eigenvalue weighted by atomic mass is 16.7. The molecule has 0 aromatic carbocycles. The van der Waals surface area contributed by atoms with Crippen LogP contribution in [0.5, 0.6) is 0 Å². The molecule has 5 aliphatic carbocycles. The standard InChI is InChI=1S/C42H70O13/c1-19(22-15-26(45)38(5,6)55-22)28-21(44)16-40(8)25-10-9-24-37(3,4)27(11-12-41(24)18-42(25,41)14-13-39(28,40)7)53-36-33(50)31(48)34(23(17-43)52-36)54-35-32(49)30(47)29(46)20(2)51-35/h19-36,43-50H,9-18H2,1-8H3/t19-,20+,21+,22-,23-,24+,25-,26+,27+,28+,29+,30-,31-,32-,33-,34-,35+,36+,39-,40+,41-,42+/m1/s1. The Morgan fingerprint density at radius 3 is 2.00 bits per heavy atom. The normalized spacial score (nSPS) is 58.6. The van der Waals surface area contributed by atoms with Crippen molar-refractivity contribution in [3.8, 4) is 0 Å². The Bertz CT molecular complexity index is 1440. The summed E-state index contributed by atoms with van der Waals surface area (Å²) in [5.41, 5.74) is -0.545. The first-order valence-corrected chi connectivity index (χ1v) is 21.3. The van der Waals surface area contributed by atoms with Crippen molar-refractivity contribution in [2.75, 3.05) is 6.61 Å². The number of hydrogen-bond acceptors (Lipinski definition) is 13. The summed E-state index contributed by atoms with van der Waals surface area (Å²) >= 11 is 0. The minimum absolute atomic E-state index is 0.0228. The number of aliphatic hydroxyl groups excluding tert-OH is 8. The van der Waals surface area contributed by atoms with Crippen molar-refractivity contribution in [1.82, 2.24) is 0 Å². The number of fused-ring (bicyclic) bond motifs is 2. The first-order chi connectivity index (χ1) is 25.6. The van der Waals surface area contributed by atoms with Gasteiger partial charge in [-0.3, -0.25) is 0 Å². The lowest BCUT2D eigenvalue weighted by atomic mass is 9.41. The zero-order chi connectivity index (χ0) is 40.0. The van der Waals surface area contributed by atoms with Gasteiger partial charge < -0.3 is 64.5 Å². The van der Waals surface area contributed by atoms with Crippen LogP contribution in [0.25, 0.3) is 0 Å². The monoisotopic (exact) mass is 782 g/mol. The second kappa shape index (κ2) is 13.5. The van der Waals surface area contributed by atoms with Crippen molar-refractivity contribution in [3.05, 3.63) is 0 Å². The van der Waals surface area contributed by atoms with Crippen LogP contribution in [0, 0.1) is 50.7 Å². The van der Waals surface area contributed by atoms with Gasteiger partial charge in [-0.05, 0) is 123 Å². The van der Waals surface area contributed by atoms with Gasteiger partial charge in [0.15, 0.2) is 12.6 Å². The number of ether oxygens (including phenoxy) is 5. The maximum Gasteiger partial charge on any atom is 0.187 e.